The molecule has 0 rings (SSSR count). The van der Waals surface area contributed by atoms with Crippen molar-refractivity contribution in [3.8, 4) is 0 Å². The third kappa shape index (κ3) is 3.32. The van der Waals surface area contributed by atoms with Crippen molar-refractivity contribution in [3.05, 3.63) is 11.6 Å². The Bertz CT molecular complexity index is 119. The van der Waals surface area contributed by atoms with E-state index >= 15 is 0 Å². The Balaban J connectivity index is 4.07. The lowest BCUT2D eigenvalue weighted by Crippen LogP contribution is -2.21. The summed E-state index contributed by atoms with van der Waals surface area (Å²) in [5.41, 5.74) is 0.820. The summed E-state index contributed by atoms with van der Waals surface area (Å²) >= 11 is 9.94. The summed E-state index contributed by atoms with van der Waals surface area (Å²) in [5.74, 6) is -2.13. The molecular weight excluding hydrogens is 188 g/mol. The number of rotatable bonds is 2. The summed E-state index contributed by atoms with van der Waals surface area (Å²) in [4.78, 5) is 0. The van der Waals surface area contributed by atoms with Gasteiger partial charge in [-0.05, 0) is 0 Å². The third-order valence-corrected chi connectivity index (χ3v) is 1.37. The molecule has 10 heavy (non-hydrogen) atoms. The van der Waals surface area contributed by atoms with E-state index in [1.165, 1.54) is 0 Å². The van der Waals surface area contributed by atoms with Gasteiger partial charge < -0.3 is 0 Å². The van der Waals surface area contributed by atoms with E-state index in [9.17, 15) is 13.2 Å². The highest BCUT2D eigenvalue weighted by Gasteiger charge is 2.36. The molecule has 0 aromatic heterocycles. The first-order valence-electron chi connectivity index (χ1n) is 2.42. The number of allylic oxidation sites excluding steroid dienone is 1. The molecule has 0 aromatic rings. The van der Waals surface area contributed by atoms with Crippen molar-refractivity contribution in [2.24, 2.45) is 5.92 Å². The molecule has 0 saturated carbocycles. The average molecular weight is 193 g/mol. The molecule has 0 N–H and O–H groups in total. The van der Waals surface area contributed by atoms with Gasteiger partial charge in [-0.3, -0.25) is 0 Å². The number of hydrogen-bond acceptors (Lipinski definition) is 0. The highest BCUT2D eigenvalue weighted by molar-refractivity contribution is 6.25. The van der Waals surface area contributed by atoms with E-state index in [4.69, 9.17) is 23.2 Å². The van der Waals surface area contributed by atoms with E-state index in [1.54, 1.807) is 0 Å². The lowest BCUT2D eigenvalue weighted by molar-refractivity contribution is -0.155. The monoisotopic (exact) mass is 192 g/mol. The lowest BCUT2D eigenvalue weighted by atomic mass is 10.2. The summed E-state index contributed by atoms with van der Waals surface area (Å²) in [6, 6.07) is 0. The van der Waals surface area contributed by atoms with Crippen LogP contribution in [0.2, 0.25) is 0 Å². The Morgan fingerprint density at radius 3 is 2.00 bits per heavy atom. The molecule has 0 aliphatic rings. The SMILES string of the molecule is FC(F)(F)C(C=CCl)CCl. The van der Waals surface area contributed by atoms with Crippen LogP contribution in [0.4, 0.5) is 13.2 Å². The molecule has 0 aliphatic carbocycles. The molecule has 0 heterocycles. The van der Waals surface area contributed by atoms with Crippen LogP contribution in [0.3, 0.4) is 0 Å². The van der Waals surface area contributed by atoms with Crippen molar-refractivity contribution < 1.29 is 13.2 Å². The molecule has 0 amide bonds. The topological polar surface area (TPSA) is 0 Å². The van der Waals surface area contributed by atoms with E-state index < -0.39 is 18.0 Å². The summed E-state index contributed by atoms with van der Waals surface area (Å²) in [6.45, 7) is 0. The van der Waals surface area contributed by atoms with Crippen LogP contribution in [-0.2, 0) is 0 Å². The van der Waals surface area contributed by atoms with Crippen molar-refractivity contribution in [2.45, 2.75) is 6.18 Å². The Hall–Kier alpha value is 0.110. The third-order valence-electron chi connectivity index (χ3n) is 0.892. The van der Waals surface area contributed by atoms with Crippen molar-refractivity contribution in [2.75, 3.05) is 5.88 Å². The molecule has 0 fully saturated rings. The molecule has 0 radical (unpaired) electrons. The van der Waals surface area contributed by atoms with Crippen LogP contribution in [-0.4, -0.2) is 12.1 Å². The van der Waals surface area contributed by atoms with Gasteiger partial charge in [0.2, 0.25) is 0 Å². The van der Waals surface area contributed by atoms with Gasteiger partial charge in [-0.15, -0.1) is 11.6 Å². The van der Waals surface area contributed by atoms with Gasteiger partial charge >= 0.3 is 6.18 Å². The van der Waals surface area contributed by atoms with Crippen LogP contribution >= 0.6 is 23.2 Å². The maximum atomic E-state index is 11.7. The van der Waals surface area contributed by atoms with E-state index in [-0.39, 0.29) is 0 Å². The highest BCUT2D eigenvalue weighted by Crippen LogP contribution is 2.28. The van der Waals surface area contributed by atoms with Crippen LogP contribution in [0.5, 0.6) is 0 Å². The molecule has 0 aromatic carbocycles. The minimum absolute atomic E-state index is 0.493. The molecule has 60 valence electrons. The second-order valence-corrected chi connectivity index (χ2v) is 2.18. The molecule has 1 unspecified atom stereocenters. The predicted molar refractivity (Wildman–Crippen MR) is 35.3 cm³/mol. The average Bonchev–Trinajstić information content (AvgIpc) is 1.80. The second kappa shape index (κ2) is 4.09. The fourth-order valence-corrected chi connectivity index (χ4v) is 0.789. The van der Waals surface area contributed by atoms with Gasteiger partial charge in [0.25, 0.3) is 0 Å². The predicted octanol–water partition coefficient (Wildman–Crippen LogP) is 3.16. The molecule has 5 heteroatoms. The van der Waals surface area contributed by atoms with Gasteiger partial charge in [-0.2, -0.15) is 13.2 Å². The summed E-state index contributed by atoms with van der Waals surface area (Å²) < 4.78 is 35.1. The van der Waals surface area contributed by atoms with Gasteiger partial charge in [-0.1, -0.05) is 17.7 Å². The van der Waals surface area contributed by atoms with Crippen molar-refractivity contribution >= 4 is 23.2 Å². The summed E-state index contributed by atoms with van der Waals surface area (Å²) in [5, 5.41) is 0. The van der Waals surface area contributed by atoms with Gasteiger partial charge in [0, 0.05) is 11.4 Å². The zero-order valence-corrected chi connectivity index (χ0v) is 6.34. The Labute approximate surface area is 66.6 Å². The first kappa shape index (κ1) is 10.1. The maximum Gasteiger partial charge on any atom is 0.396 e. The van der Waals surface area contributed by atoms with E-state index in [0.29, 0.717) is 0 Å². The van der Waals surface area contributed by atoms with E-state index in [2.05, 4.69) is 0 Å². The lowest BCUT2D eigenvalue weighted by Gasteiger charge is -2.12. The van der Waals surface area contributed by atoms with Crippen LogP contribution < -0.4 is 0 Å². The van der Waals surface area contributed by atoms with E-state index in [0.717, 1.165) is 11.6 Å². The number of halogens is 5. The molecular formula is C5H5Cl2F3. The number of alkyl halides is 4. The Kier molecular flexibility index (Phi) is 4.13. The molecule has 0 saturated heterocycles. The highest BCUT2D eigenvalue weighted by atomic mass is 35.5. The Morgan fingerprint density at radius 1 is 1.40 bits per heavy atom. The first-order valence-corrected chi connectivity index (χ1v) is 3.39. The molecule has 0 spiro atoms. The smallest absolute Gasteiger partial charge is 0.170 e. The maximum absolute atomic E-state index is 11.7. The van der Waals surface area contributed by atoms with Crippen LogP contribution in [0, 0.1) is 5.92 Å². The van der Waals surface area contributed by atoms with Gasteiger partial charge in [0.15, 0.2) is 0 Å². The van der Waals surface area contributed by atoms with Gasteiger partial charge in [0.05, 0.1) is 5.92 Å². The van der Waals surface area contributed by atoms with Gasteiger partial charge in [-0.25, -0.2) is 0 Å². The van der Waals surface area contributed by atoms with Gasteiger partial charge in [0.1, 0.15) is 0 Å². The van der Waals surface area contributed by atoms with Crippen LogP contribution in [0.25, 0.3) is 0 Å². The molecule has 0 aliphatic heterocycles. The zero-order valence-electron chi connectivity index (χ0n) is 4.83. The molecule has 0 bridgehead atoms. The number of hydrogen-bond donors (Lipinski definition) is 0. The van der Waals surface area contributed by atoms with Crippen molar-refractivity contribution in [1.82, 2.24) is 0 Å². The fourth-order valence-electron chi connectivity index (χ4n) is 0.336. The van der Waals surface area contributed by atoms with E-state index in [1.807, 2.05) is 0 Å². The van der Waals surface area contributed by atoms with Crippen molar-refractivity contribution in [1.29, 1.82) is 0 Å². The van der Waals surface area contributed by atoms with Crippen LogP contribution in [0.1, 0.15) is 0 Å². The van der Waals surface area contributed by atoms with Crippen molar-refractivity contribution in [3.63, 3.8) is 0 Å². The standard InChI is InChI=1S/C5H5Cl2F3/c6-2-1-4(3-7)5(8,9)10/h1-2,4H,3H2. The fraction of sp³-hybridized carbons (Fsp3) is 0.600. The quantitative estimate of drug-likeness (QED) is 0.590. The summed E-state index contributed by atoms with van der Waals surface area (Å²) in [7, 11) is 0. The minimum Gasteiger partial charge on any atom is -0.170 e. The zero-order chi connectivity index (χ0) is 8.20. The first-order chi connectivity index (χ1) is 4.52. The Morgan fingerprint density at radius 2 is 1.90 bits per heavy atom. The van der Waals surface area contributed by atoms with Crippen LogP contribution in [0.15, 0.2) is 11.6 Å². The minimum atomic E-state index is -4.28. The largest absolute Gasteiger partial charge is 0.396 e. The molecule has 1 atom stereocenters. The molecule has 0 nitrogen and oxygen atoms in total. The second-order valence-electron chi connectivity index (χ2n) is 1.62. The summed E-state index contributed by atoms with van der Waals surface area (Å²) in [6.07, 6.45) is -3.47. The normalized spacial score (nSPS) is 16.1.